The Balaban J connectivity index is 2.04. The van der Waals surface area contributed by atoms with Gasteiger partial charge in [0, 0.05) is 31.6 Å². The van der Waals surface area contributed by atoms with Gasteiger partial charge in [-0.2, -0.15) is 0 Å². The predicted molar refractivity (Wildman–Crippen MR) is 67.7 cm³/mol. The van der Waals surface area contributed by atoms with Crippen molar-refractivity contribution < 1.29 is 4.74 Å². The van der Waals surface area contributed by atoms with E-state index in [0.29, 0.717) is 6.04 Å². The number of rotatable bonds is 6. The van der Waals surface area contributed by atoms with E-state index >= 15 is 0 Å². The summed E-state index contributed by atoms with van der Waals surface area (Å²) in [7, 11) is 0. The third kappa shape index (κ3) is 6.05. The second-order valence-corrected chi connectivity index (χ2v) is 4.92. The smallest absolute Gasteiger partial charge is 0.156 e. The summed E-state index contributed by atoms with van der Waals surface area (Å²) in [4.78, 5) is 4.52. The molecule has 0 spiro atoms. The summed E-state index contributed by atoms with van der Waals surface area (Å²) in [5.41, 5.74) is 0. The first-order valence-electron chi connectivity index (χ1n) is 5.84. The second kappa shape index (κ2) is 7.99. The third-order valence-electron chi connectivity index (χ3n) is 2.21. The summed E-state index contributed by atoms with van der Waals surface area (Å²) >= 11 is 1.83. The van der Waals surface area contributed by atoms with Crippen LogP contribution in [0.15, 0.2) is 4.99 Å². The molecule has 1 rings (SSSR count). The SMILES string of the molecule is CCCOCCCN=C1NC(C)CCS1. The molecule has 1 fully saturated rings. The topological polar surface area (TPSA) is 33.6 Å². The molecule has 88 valence electrons. The van der Waals surface area contributed by atoms with Gasteiger partial charge >= 0.3 is 0 Å². The maximum absolute atomic E-state index is 5.40. The molecule has 3 nitrogen and oxygen atoms in total. The van der Waals surface area contributed by atoms with E-state index in [4.69, 9.17) is 4.74 Å². The minimum Gasteiger partial charge on any atom is -0.381 e. The highest BCUT2D eigenvalue weighted by Crippen LogP contribution is 2.13. The summed E-state index contributed by atoms with van der Waals surface area (Å²) in [5, 5.41) is 4.51. The molecular formula is C11H22N2OS. The van der Waals surface area contributed by atoms with Gasteiger partial charge < -0.3 is 10.1 Å². The van der Waals surface area contributed by atoms with Crippen molar-refractivity contribution in [2.75, 3.05) is 25.5 Å². The van der Waals surface area contributed by atoms with Gasteiger partial charge in [-0.25, -0.2) is 0 Å². The number of nitrogens with one attached hydrogen (secondary N) is 1. The van der Waals surface area contributed by atoms with Crippen LogP contribution in [0.25, 0.3) is 0 Å². The van der Waals surface area contributed by atoms with Gasteiger partial charge in [-0.05, 0) is 26.2 Å². The molecule has 0 aromatic carbocycles. The molecule has 0 saturated carbocycles. The molecule has 0 aromatic rings. The van der Waals surface area contributed by atoms with E-state index in [1.807, 2.05) is 11.8 Å². The van der Waals surface area contributed by atoms with E-state index < -0.39 is 0 Å². The van der Waals surface area contributed by atoms with Gasteiger partial charge in [0.25, 0.3) is 0 Å². The fourth-order valence-electron chi connectivity index (χ4n) is 1.34. The molecule has 1 aliphatic heterocycles. The van der Waals surface area contributed by atoms with Gasteiger partial charge in [0.2, 0.25) is 0 Å². The first kappa shape index (κ1) is 12.8. The standard InChI is InChI=1S/C11H22N2OS/c1-3-7-14-8-4-6-12-11-13-10(2)5-9-15-11/h10H,3-9H2,1-2H3,(H,12,13). The lowest BCUT2D eigenvalue weighted by Gasteiger charge is -2.21. The van der Waals surface area contributed by atoms with E-state index in [1.54, 1.807) is 0 Å². The van der Waals surface area contributed by atoms with Crippen molar-refractivity contribution in [2.45, 2.75) is 39.2 Å². The highest BCUT2D eigenvalue weighted by molar-refractivity contribution is 8.13. The highest BCUT2D eigenvalue weighted by atomic mass is 32.2. The molecular weight excluding hydrogens is 208 g/mol. The van der Waals surface area contributed by atoms with Crippen LogP contribution in [0.1, 0.15) is 33.1 Å². The zero-order valence-corrected chi connectivity index (χ0v) is 10.6. The molecule has 0 aliphatic carbocycles. The van der Waals surface area contributed by atoms with Crippen LogP contribution < -0.4 is 5.32 Å². The summed E-state index contributed by atoms with van der Waals surface area (Å²) in [5.74, 6) is 1.19. The van der Waals surface area contributed by atoms with E-state index in [-0.39, 0.29) is 0 Å². The molecule has 4 heteroatoms. The number of nitrogens with zero attached hydrogens (tertiary/aromatic N) is 1. The number of ether oxygens (including phenoxy) is 1. The highest BCUT2D eigenvalue weighted by Gasteiger charge is 2.11. The molecule has 1 heterocycles. The van der Waals surface area contributed by atoms with Gasteiger partial charge in [-0.3, -0.25) is 4.99 Å². The molecule has 1 aliphatic rings. The van der Waals surface area contributed by atoms with E-state index in [2.05, 4.69) is 24.2 Å². The number of hydrogen-bond acceptors (Lipinski definition) is 3. The summed E-state index contributed by atoms with van der Waals surface area (Å²) in [6.07, 6.45) is 3.37. The normalized spacial score (nSPS) is 24.1. The van der Waals surface area contributed by atoms with Crippen LogP contribution in [0.4, 0.5) is 0 Å². The van der Waals surface area contributed by atoms with Gasteiger partial charge in [-0.1, -0.05) is 18.7 Å². The number of aliphatic imine (C=N–C) groups is 1. The van der Waals surface area contributed by atoms with Crippen molar-refractivity contribution in [1.82, 2.24) is 5.32 Å². The minimum atomic E-state index is 0.585. The Labute approximate surface area is 97.1 Å². The molecule has 0 amide bonds. The zero-order chi connectivity index (χ0) is 10.9. The minimum absolute atomic E-state index is 0.585. The number of amidine groups is 1. The predicted octanol–water partition coefficient (Wildman–Crippen LogP) is 2.27. The summed E-state index contributed by atoms with van der Waals surface area (Å²) in [6.45, 7) is 6.93. The van der Waals surface area contributed by atoms with Crippen LogP contribution in [0.3, 0.4) is 0 Å². The Morgan fingerprint density at radius 2 is 2.40 bits per heavy atom. The molecule has 1 N–H and O–H groups in total. The van der Waals surface area contributed by atoms with Crippen molar-refractivity contribution in [3.8, 4) is 0 Å². The first-order chi connectivity index (χ1) is 7.33. The zero-order valence-electron chi connectivity index (χ0n) is 9.79. The van der Waals surface area contributed by atoms with Crippen molar-refractivity contribution >= 4 is 16.9 Å². The summed E-state index contributed by atoms with van der Waals surface area (Å²) in [6, 6.07) is 0.585. The maximum atomic E-state index is 5.40. The Kier molecular flexibility index (Phi) is 6.85. The fourth-order valence-corrected chi connectivity index (χ4v) is 2.47. The van der Waals surface area contributed by atoms with Crippen LogP contribution in [-0.4, -0.2) is 36.7 Å². The molecule has 0 radical (unpaired) electrons. The average Bonchev–Trinajstić information content (AvgIpc) is 2.23. The Bertz CT molecular complexity index is 197. The van der Waals surface area contributed by atoms with Gasteiger partial charge in [-0.15, -0.1) is 0 Å². The van der Waals surface area contributed by atoms with Crippen LogP contribution >= 0.6 is 11.8 Å². The number of hydrogen-bond donors (Lipinski definition) is 1. The lowest BCUT2D eigenvalue weighted by molar-refractivity contribution is 0.134. The number of thioether (sulfide) groups is 1. The maximum Gasteiger partial charge on any atom is 0.156 e. The molecule has 1 saturated heterocycles. The van der Waals surface area contributed by atoms with Crippen molar-refractivity contribution in [2.24, 2.45) is 4.99 Å². The van der Waals surface area contributed by atoms with Crippen LogP contribution in [0.5, 0.6) is 0 Å². The molecule has 0 bridgehead atoms. The quantitative estimate of drug-likeness (QED) is 0.711. The summed E-state index contributed by atoms with van der Waals surface area (Å²) < 4.78 is 5.40. The molecule has 0 aromatic heterocycles. The fraction of sp³-hybridized carbons (Fsp3) is 0.909. The van der Waals surface area contributed by atoms with E-state index in [9.17, 15) is 0 Å². The first-order valence-corrected chi connectivity index (χ1v) is 6.83. The molecule has 1 atom stereocenters. The average molecular weight is 230 g/mol. The van der Waals surface area contributed by atoms with Gasteiger partial charge in [0.15, 0.2) is 5.17 Å². The lowest BCUT2D eigenvalue weighted by atomic mass is 10.3. The van der Waals surface area contributed by atoms with Crippen molar-refractivity contribution in [3.63, 3.8) is 0 Å². The van der Waals surface area contributed by atoms with Crippen LogP contribution in [-0.2, 0) is 4.74 Å². The molecule has 15 heavy (non-hydrogen) atoms. The Morgan fingerprint density at radius 1 is 1.53 bits per heavy atom. The molecule has 1 unspecified atom stereocenters. The second-order valence-electron chi connectivity index (χ2n) is 3.84. The van der Waals surface area contributed by atoms with Crippen LogP contribution in [0.2, 0.25) is 0 Å². The monoisotopic (exact) mass is 230 g/mol. The van der Waals surface area contributed by atoms with Gasteiger partial charge in [0.05, 0.1) is 0 Å². The third-order valence-corrected chi connectivity index (χ3v) is 3.17. The lowest BCUT2D eigenvalue weighted by Crippen LogP contribution is -2.35. The van der Waals surface area contributed by atoms with Crippen molar-refractivity contribution in [3.05, 3.63) is 0 Å². The Hall–Kier alpha value is -0.220. The van der Waals surface area contributed by atoms with Crippen LogP contribution in [0, 0.1) is 0 Å². The van der Waals surface area contributed by atoms with E-state index in [1.165, 1.54) is 12.2 Å². The largest absolute Gasteiger partial charge is 0.381 e. The van der Waals surface area contributed by atoms with Gasteiger partial charge in [0.1, 0.15) is 0 Å². The Morgan fingerprint density at radius 3 is 3.13 bits per heavy atom. The van der Waals surface area contributed by atoms with Crippen molar-refractivity contribution in [1.29, 1.82) is 0 Å². The van der Waals surface area contributed by atoms with E-state index in [0.717, 1.165) is 37.8 Å².